The van der Waals surface area contributed by atoms with Crippen LogP contribution < -0.4 is 15.5 Å². The summed E-state index contributed by atoms with van der Waals surface area (Å²) in [5, 5.41) is 12.4. The standard InChI is InChI=1S/C27H29N5O3S/c1-29-14-21(13-28)20-12-23-24(31-15-20)8-6-18-5-4-17(11-22(18)27(23)33)16-36(34,35)32-25-9-7-19-3-2-10-30-26(19)25/h4-6,8,10-13,15,21,25,28-29,32H,2-3,7,9,14,16H2,1H3. The average molecular weight is 504 g/mol. The van der Waals surface area contributed by atoms with Gasteiger partial charge in [-0.2, -0.15) is 0 Å². The Kier molecular flexibility index (Phi) is 6.79. The van der Waals surface area contributed by atoms with Crippen molar-refractivity contribution < 1.29 is 8.42 Å². The highest BCUT2D eigenvalue weighted by atomic mass is 32.2. The molecule has 186 valence electrons. The molecular formula is C27H29N5O3S. The van der Waals surface area contributed by atoms with Crippen LogP contribution in [0.3, 0.4) is 0 Å². The first kappa shape index (κ1) is 24.4. The number of allylic oxidation sites excluding steroid dienone is 1. The number of sulfonamides is 1. The second kappa shape index (κ2) is 10.0. The van der Waals surface area contributed by atoms with E-state index in [9.17, 15) is 13.2 Å². The van der Waals surface area contributed by atoms with Crippen LogP contribution in [0.4, 0.5) is 0 Å². The molecule has 9 heteroatoms. The Bertz CT molecular complexity index is 1580. The molecule has 2 aliphatic rings. The maximum absolute atomic E-state index is 13.6. The Labute approximate surface area is 210 Å². The van der Waals surface area contributed by atoms with E-state index in [-0.39, 0.29) is 23.1 Å². The summed E-state index contributed by atoms with van der Waals surface area (Å²) in [7, 11) is -1.83. The lowest BCUT2D eigenvalue weighted by Crippen LogP contribution is -2.35. The molecule has 0 bridgehead atoms. The van der Waals surface area contributed by atoms with Crippen molar-refractivity contribution in [3.05, 3.63) is 75.2 Å². The fourth-order valence-corrected chi connectivity index (χ4v) is 6.47. The lowest BCUT2D eigenvalue weighted by Gasteiger charge is -2.16. The van der Waals surface area contributed by atoms with Crippen molar-refractivity contribution in [2.75, 3.05) is 13.6 Å². The fraction of sp³-hybridized carbons (Fsp3) is 0.333. The smallest absolute Gasteiger partial charge is 0.216 e. The highest BCUT2D eigenvalue weighted by Gasteiger charge is 2.29. The van der Waals surface area contributed by atoms with E-state index in [2.05, 4.69) is 20.0 Å². The minimum Gasteiger partial charge on any atom is -0.319 e. The summed E-state index contributed by atoms with van der Waals surface area (Å²) in [5.41, 5.74) is 3.79. The van der Waals surface area contributed by atoms with Gasteiger partial charge in [0.25, 0.3) is 0 Å². The van der Waals surface area contributed by atoms with Gasteiger partial charge in [-0.15, -0.1) is 0 Å². The minimum atomic E-state index is -3.64. The Hall–Kier alpha value is -3.27. The van der Waals surface area contributed by atoms with Crippen LogP contribution in [-0.2, 0) is 15.8 Å². The van der Waals surface area contributed by atoms with Gasteiger partial charge in [0.2, 0.25) is 10.0 Å². The maximum atomic E-state index is 13.6. The zero-order valence-electron chi connectivity index (χ0n) is 20.1. The summed E-state index contributed by atoms with van der Waals surface area (Å²) in [5.74, 6) is -0.418. The van der Waals surface area contributed by atoms with E-state index in [1.54, 1.807) is 36.5 Å². The number of fused-ring (bicyclic) bond motifs is 2. The second-order valence-corrected chi connectivity index (χ2v) is 11.2. The van der Waals surface area contributed by atoms with Gasteiger partial charge in [-0.25, -0.2) is 13.1 Å². The molecule has 2 aromatic carbocycles. The van der Waals surface area contributed by atoms with Crippen molar-refractivity contribution in [3.63, 3.8) is 0 Å². The lowest BCUT2D eigenvalue weighted by atomic mass is 10.0. The van der Waals surface area contributed by atoms with E-state index in [4.69, 9.17) is 5.41 Å². The van der Waals surface area contributed by atoms with Gasteiger partial charge < -0.3 is 10.7 Å². The molecular weight excluding hydrogens is 474 g/mol. The summed E-state index contributed by atoms with van der Waals surface area (Å²) in [6, 6.07) is 10.3. The molecule has 1 aliphatic carbocycles. The maximum Gasteiger partial charge on any atom is 0.216 e. The Morgan fingerprint density at radius 2 is 2.00 bits per heavy atom. The topological polar surface area (TPSA) is 124 Å². The number of nitrogens with one attached hydrogen (secondary N) is 3. The molecule has 3 aromatic rings. The molecule has 2 unspecified atom stereocenters. The molecule has 0 fully saturated rings. The van der Waals surface area contributed by atoms with E-state index >= 15 is 0 Å². The first-order valence-corrected chi connectivity index (χ1v) is 13.8. The minimum absolute atomic E-state index is 0.199. The molecule has 0 saturated heterocycles. The summed E-state index contributed by atoms with van der Waals surface area (Å²) >= 11 is 0. The monoisotopic (exact) mass is 503 g/mol. The van der Waals surface area contributed by atoms with Crippen molar-refractivity contribution in [2.45, 2.75) is 43.4 Å². The van der Waals surface area contributed by atoms with Gasteiger partial charge in [-0.05, 0) is 73.0 Å². The first-order chi connectivity index (χ1) is 17.4. The van der Waals surface area contributed by atoms with Crippen LogP contribution in [0.2, 0.25) is 0 Å². The SMILES string of the molecule is CNCC(C=N)c1cnc2ccc3ccc(CS(=O)(=O)NC4CCC5=C4N=CCC5)cc3c(=O)c2c1. The number of aliphatic imine (C=N–C) groups is 1. The van der Waals surface area contributed by atoms with Crippen LogP contribution in [0.15, 0.2) is 63.7 Å². The first-order valence-electron chi connectivity index (χ1n) is 12.1. The van der Waals surface area contributed by atoms with E-state index in [0.717, 1.165) is 42.3 Å². The third-order valence-corrected chi connectivity index (χ3v) is 8.29. The van der Waals surface area contributed by atoms with Gasteiger partial charge in [0, 0.05) is 41.9 Å². The molecule has 0 spiro atoms. The molecule has 36 heavy (non-hydrogen) atoms. The van der Waals surface area contributed by atoms with Gasteiger partial charge in [0.15, 0.2) is 5.43 Å². The van der Waals surface area contributed by atoms with E-state index < -0.39 is 10.0 Å². The van der Waals surface area contributed by atoms with Crippen LogP contribution in [-0.4, -0.2) is 45.5 Å². The van der Waals surface area contributed by atoms with E-state index in [1.165, 1.54) is 11.8 Å². The fourth-order valence-electron chi connectivity index (χ4n) is 5.11. The largest absolute Gasteiger partial charge is 0.319 e. The van der Waals surface area contributed by atoms with Crippen LogP contribution >= 0.6 is 0 Å². The molecule has 3 N–H and O–H groups in total. The quantitative estimate of drug-likeness (QED) is 0.407. The number of hydrogen-bond acceptors (Lipinski definition) is 7. The molecule has 1 aromatic heterocycles. The summed E-state index contributed by atoms with van der Waals surface area (Å²) in [4.78, 5) is 22.5. The predicted molar refractivity (Wildman–Crippen MR) is 145 cm³/mol. The highest BCUT2D eigenvalue weighted by molar-refractivity contribution is 7.88. The number of rotatable bonds is 8. The molecule has 0 amide bonds. The zero-order chi connectivity index (χ0) is 25.3. The lowest BCUT2D eigenvalue weighted by molar-refractivity contribution is 0.563. The van der Waals surface area contributed by atoms with Crippen LogP contribution in [0.25, 0.3) is 21.7 Å². The van der Waals surface area contributed by atoms with Crippen molar-refractivity contribution in [3.8, 4) is 0 Å². The van der Waals surface area contributed by atoms with Crippen molar-refractivity contribution in [1.82, 2.24) is 15.0 Å². The van der Waals surface area contributed by atoms with Crippen LogP contribution in [0.1, 0.15) is 42.7 Å². The van der Waals surface area contributed by atoms with Gasteiger partial charge in [0.1, 0.15) is 0 Å². The number of hydrogen-bond donors (Lipinski definition) is 3. The summed E-state index contributed by atoms with van der Waals surface area (Å²) in [6.45, 7) is 0.560. The summed E-state index contributed by atoms with van der Waals surface area (Å²) in [6.07, 6.45) is 8.36. The molecule has 2 atom stereocenters. The van der Waals surface area contributed by atoms with E-state index in [1.807, 2.05) is 19.3 Å². The molecule has 0 radical (unpaired) electrons. The third-order valence-electron chi connectivity index (χ3n) is 6.93. The number of aromatic nitrogens is 1. The Morgan fingerprint density at radius 3 is 2.81 bits per heavy atom. The van der Waals surface area contributed by atoms with Gasteiger partial charge in [-0.3, -0.25) is 14.8 Å². The normalized spacial score (nSPS) is 18.5. The van der Waals surface area contributed by atoms with Crippen molar-refractivity contribution in [1.29, 1.82) is 5.41 Å². The van der Waals surface area contributed by atoms with Gasteiger partial charge in [0.05, 0.1) is 23.0 Å². The molecule has 2 heterocycles. The number of benzene rings is 1. The van der Waals surface area contributed by atoms with Crippen LogP contribution in [0.5, 0.6) is 0 Å². The average Bonchev–Trinajstić information content (AvgIpc) is 3.21. The molecule has 0 saturated carbocycles. The Balaban J connectivity index is 1.48. The van der Waals surface area contributed by atoms with Crippen molar-refractivity contribution in [2.24, 2.45) is 4.99 Å². The predicted octanol–water partition coefficient (Wildman–Crippen LogP) is 3.40. The van der Waals surface area contributed by atoms with Gasteiger partial charge >= 0.3 is 0 Å². The highest BCUT2D eigenvalue weighted by Crippen LogP contribution is 2.33. The van der Waals surface area contributed by atoms with Gasteiger partial charge in [-0.1, -0.05) is 18.2 Å². The van der Waals surface area contributed by atoms with Crippen molar-refractivity contribution >= 4 is 44.1 Å². The number of pyridine rings is 1. The zero-order valence-corrected chi connectivity index (χ0v) is 20.9. The second-order valence-electron chi connectivity index (χ2n) is 9.42. The molecule has 8 nitrogen and oxygen atoms in total. The third kappa shape index (κ3) is 4.86. The molecule has 1 aliphatic heterocycles. The van der Waals surface area contributed by atoms with E-state index in [0.29, 0.717) is 28.4 Å². The summed E-state index contributed by atoms with van der Waals surface area (Å²) < 4.78 is 28.9. The molecule has 5 rings (SSSR count). The van der Waals surface area contributed by atoms with Crippen LogP contribution in [0, 0.1) is 5.41 Å². The number of nitrogens with zero attached hydrogens (tertiary/aromatic N) is 2. The Morgan fingerprint density at radius 1 is 1.17 bits per heavy atom. The number of likely N-dealkylation sites (N-methyl/N-ethyl adjacent to an activating group) is 1.